The normalized spacial score (nSPS) is 11.8. The molecule has 0 bridgehead atoms. The van der Waals surface area contributed by atoms with Gasteiger partial charge < -0.3 is 4.98 Å². The number of hydrogen-bond acceptors (Lipinski definition) is 2. The second kappa shape index (κ2) is 4.20. The fourth-order valence-electron chi connectivity index (χ4n) is 2.35. The average molecular weight is 320 g/mol. The number of imidazole rings is 1. The van der Waals surface area contributed by atoms with Crippen LogP contribution in [-0.2, 0) is 7.05 Å². The van der Waals surface area contributed by atoms with Gasteiger partial charge in [-0.15, -0.1) is 0 Å². The molecule has 3 rings (SSSR count). The lowest BCUT2D eigenvalue weighted by atomic mass is 10.0. The second-order valence-corrected chi connectivity index (χ2v) is 5.91. The molecule has 0 fully saturated rings. The van der Waals surface area contributed by atoms with Crippen molar-refractivity contribution in [3.8, 4) is 0 Å². The predicted octanol–water partition coefficient (Wildman–Crippen LogP) is 3.30. The summed E-state index contributed by atoms with van der Waals surface area (Å²) in [4.78, 5) is 19.1. The van der Waals surface area contributed by atoms with E-state index >= 15 is 0 Å². The van der Waals surface area contributed by atoms with Gasteiger partial charge in [-0.3, -0.25) is 9.55 Å². The maximum atomic E-state index is 11.7. The largest absolute Gasteiger partial charge is 0.326 e. The summed E-state index contributed by atoms with van der Waals surface area (Å²) in [6.45, 7) is 4.30. The Kier molecular flexibility index (Phi) is 2.74. The van der Waals surface area contributed by atoms with Crippen molar-refractivity contribution in [3.05, 3.63) is 38.9 Å². The molecular formula is C14H14BrN3O. The molecule has 0 amide bonds. The molecule has 0 aliphatic heterocycles. The zero-order valence-corrected chi connectivity index (χ0v) is 12.6. The number of fused-ring (bicyclic) bond motifs is 3. The van der Waals surface area contributed by atoms with Gasteiger partial charge in [-0.1, -0.05) is 29.8 Å². The highest BCUT2D eigenvalue weighted by atomic mass is 79.9. The number of H-pyrrole nitrogens is 1. The molecular weight excluding hydrogens is 306 g/mol. The molecule has 0 unspecified atom stereocenters. The molecule has 2 aromatic heterocycles. The second-order valence-electron chi connectivity index (χ2n) is 5.05. The van der Waals surface area contributed by atoms with Gasteiger partial charge in [-0.25, -0.2) is 4.79 Å². The van der Waals surface area contributed by atoms with E-state index in [0.717, 1.165) is 26.4 Å². The number of nitrogens with zero attached hydrogens (tertiary/aromatic N) is 2. The molecule has 3 aromatic rings. The Balaban J connectivity index is 2.47. The summed E-state index contributed by atoms with van der Waals surface area (Å²) in [6.07, 6.45) is 1.74. The Morgan fingerprint density at radius 2 is 2.11 bits per heavy atom. The number of pyridine rings is 1. The van der Waals surface area contributed by atoms with Gasteiger partial charge in [0.1, 0.15) is 0 Å². The van der Waals surface area contributed by atoms with E-state index in [9.17, 15) is 4.79 Å². The maximum Gasteiger partial charge on any atom is 0.326 e. The molecule has 1 aromatic carbocycles. The van der Waals surface area contributed by atoms with Gasteiger partial charge in [0.15, 0.2) is 0 Å². The van der Waals surface area contributed by atoms with Crippen LogP contribution in [0.3, 0.4) is 0 Å². The molecule has 0 saturated carbocycles. The Morgan fingerprint density at radius 3 is 2.79 bits per heavy atom. The van der Waals surface area contributed by atoms with Crippen molar-refractivity contribution in [1.82, 2.24) is 14.5 Å². The third-order valence-electron chi connectivity index (χ3n) is 3.49. The summed E-state index contributed by atoms with van der Waals surface area (Å²) in [5, 5.41) is 0.964. The van der Waals surface area contributed by atoms with Crippen LogP contribution in [0.15, 0.2) is 27.6 Å². The molecule has 19 heavy (non-hydrogen) atoms. The van der Waals surface area contributed by atoms with Gasteiger partial charge in [0.25, 0.3) is 0 Å². The van der Waals surface area contributed by atoms with Crippen LogP contribution in [0.5, 0.6) is 0 Å². The Hall–Kier alpha value is -1.62. The number of aryl methyl sites for hydroxylation is 1. The number of aromatic amines is 1. The highest BCUT2D eigenvalue weighted by Crippen LogP contribution is 2.31. The van der Waals surface area contributed by atoms with Gasteiger partial charge in [-0.2, -0.15) is 0 Å². The van der Waals surface area contributed by atoms with Crippen molar-refractivity contribution in [2.45, 2.75) is 19.8 Å². The number of halogens is 1. The molecule has 98 valence electrons. The molecule has 4 nitrogen and oxygen atoms in total. The standard InChI is InChI=1S/C14H14BrN3O/c1-7(2)8-5-11-9(4-10(8)15)13-12(6-16-11)18(3)14(19)17-13/h4-7H,1-3H3,(H,17,19). The minimum Gasteiger partial charge on any atom is -0.305 e. The first-order chi connectivity index (χ1) is 8.99. The van der Waals surface area contributed by atoms with E-state index in [1.54, 1.807) is 17.8 Å². The summed E-state index contributed by atoms with van der Waals surface area (Å²) in [6, 6.07) is 4.12. The van der Waals surface area contributed by atoms with E-state index in [-0.39, 0.29) is 5.69 Å². The van der Waals surface area contributed by atoms with Gasteiger partial charge in [-0.05, 0) is 23.6 Å². The summed E-state index contributed by atoms with van der Waals surface area (Å²) in [7, 11) is 1.74. The number of aromatic nitrogens is 3. The highest BCUT2D eigenvalue weighted by molar-refractivity contribution is 9.10. The number of benzene rings is 1. The van der Waals surface area contributed by atoms with Crippen LogP contribution >= 0.6 is 15.9 Å². The molecule has 5 heteroatoms. The first-order valence-electron chi connectivity index (χ1n) is 6.16. The molecule has 0 saturated heterocycles. The molecule has 0 aliphatic rings. The van der Waals surface area contributed by atoms with Crippen LogP contribution in [0.4, 0.5) is 0 Å². The van der Waals surface area contributed by atoms with Crippen LogP contribution in [0.2, 0.25) is 0 Å². The van der Waals surface area contributed by atoms with Crippen molar-refractivity contribution >= 4 is 37.9 Å². The third-order valence-corrected chi connectivity index (χ3v) is 4.17. The highest BCUT2D eigenvalue weighted by Gasteiger charge is 2.12. The van der Waals surface area contributed by atoms with Gasteiger partial charge in [0, 0.05) is 16.9 Å². The smallest absolute Gasteiger partial charge is 0.305 e. The quantitative estimate of drug-likeness (QED) is 0.748. The van der Waals surface area contributed by atoms with Crippen LogP contribution in [-0.4, -0.2) is 14.5 Å². The fraction of sp³-hybridized carbons (Fsp3) is 0.286. The predicted molar refractivity (Wildman–Crippen MR) is 80.6 cm³/mol. The first kappa shape index (κ1) is 12.4. The summed E-state index contributed by atoms with van der Waals surface area (Å²) in [5.74, 6) is 0.422. The van der Waals surface area contributed by atoms with E-state index in [2.05, 4.69) is 45.8 Å². The SMILES string of the molecule is CC(C)c1cc2ncc3c([nH]c(=O)n3C)c2cc1Br. The number of hydrogen-bond donors (Lipinski definition) is 1. The zero-order valence-electron chi connectivity index (χ0n) is 11.0. The van der Waals surface area contributed by atoms with Crippen molar-refractivity contribution in [3.63, 3.8) is 0 Å². The Bertz CT molecular complexity index is 845. The number of rotatable bonds is 1. The maximum absolute atomic E-state index is 11.7. The lowest BCUT2D eigenvalue weighted by Gasteiger charge is -2.10. The summed E-state index contributed by atoms with van der Waals surface area (Å²) in [5.41, 5.74) is 3.67. The minimum absolute atomic E-state index is 0.117. The van der Waals surface area contributed by atoms with Crippen LogP contribution in [0, 0.1) is 0 Å². The van der Waals surface area contributed by atoms with Crippen LogP contribution < -0.4 is 5.69 Å². The van der Waals surface area contributed by atoms with Gasteiger partial charge >= 0.3 is 5.69 Å². The van der Waals surface area contributed by atoms with Crippen LogP contribution in [0.25, 0.3) is 21.9 Å². The molecule has 0 aliphatic carbocycles. The van der Waals surface area contributed by atoms with Crippen molar-refractivity contribution in [2.75, 3.05) is 0 Å². The summed E-state index contributed by atoms with van der Waals surface area (Å²) >= 11 is 3.60. The molecule has 2 heterocycles. The monoisotopic (exact) mass is 319 g/mol. The van der Waals surface area contributed by atoms with Crippen molar-refractivity contribution < 1.29 is 0 Å². The number of nitrogens with one attached hydrogen (secondary N) is 1. The molecule has 0 atom stereocenters. The summed E-state index contributed by atoms with van der Waals surface area (Å²) < 4.78 is 2.63. The van der Waals surface area contributed by atoms with Crippen molar-refractivity contribution in [2.24, 2.45) is 7.05 Å². The van der Waals surface area contributed by atoms with Crippen molar-refractivity contribution in [1.29, 1.82) is 0 Å². The van der Waals surface area contributed by atoms with Crippen LogP contribution in [0.1, 0.15) is 25.3 Å². The van der Waals surface area contributed by atoms with Gasteiger partial charge in [0.2, 0.25) is 0 Å². The third kappa shape index (κ3) is 1.80. The average Bonchev–Trinajstić information content (AvgIpc) is 2.65. The Morgan fingerprint density at radius 1 is 1.37 bits per heavy atom. The topological polar surface area (TPSA) is 50.7 Å². The Labute approximate surface area is 118 Å². The van der Waals surface area contributed by atoms with E-state index in [4.69, 9.17) is 0 Å². The van der Waals surface area contributed by atoms with E-state index in [1.165, 1.54) is 5.56 Å². The fourth-order valence-corrected chi connectivity index (χ4v) is 3.15. The zero-order chi connectivity index (χ0) is 13.7. The van der Waals surface area contributed by atoms with E-state index in [0.29, 0.717) is 5.92 Å². The molecule has 0 radical (unpaired) electrons. The lowest BCUT2D eigenvalue weighted by Crippen LogP contribution is -2.11. The lowest BCUT2D eigenvalue weighted by molar-refractivity contribution is 0.862. The molecule has 0 spiro atoms. The van der Waals surface area contributed by atoms with E-state index < -0.39 is 0 Å². The molecule has 1 N–H and O–H groups in total. The first-order valence-corrected chi connectivity index (χ1v) is 6.95. The van der Waals surface area contributed by atoms with E-state index in [1.807, 2.05) is 6.07 Å². The van der Waals surface area contributed by atoms with Gasteiger partial charge in [0.05, 0.1) is 22.7 Å². The minimum atomic E-state index is -0.117.